The fourth-order valence-corrected chi connectivity index (χ4v) is 1.44. The SMILES string of the molecule is CCCCNC(=O)Nc1cccc(/C=C/C(=O)O)c1. The van der Waals surface area contributed by atoms with Gasteiger partial charge in [-0.25, -0.2) is 9.59 Å². The van der Waals surface area contributed by atoms with E-state index in [-0.39, 0.29) is 6.03 Å². The number of benzene rings is 1. The highest BCUT2D eigenvalue weighted by molar-refractivity contribution is 5.90. The molecule has 1 aromatic rings. The van der Waals surface area contributed by atoms with Gasteiger partial charge in [-0.1, -0.05) is 25.5 Å². The maximum absolute atomic E-state index is 11.5. The third-order valence-corrected chi connectivity index (χ3v) is 2.38. The molecule has 1 rings (SSSR count). The van der Waals surface area contributed by atoms with Gasteiger partial charge in [-0.15, -0.1) is 0 Å². The monoisotopic (exact) mass is 262 g/mol. The number of amides is 2. The molecule has 0 unspecified atom stereocenters. The highest BCUT2D eigenvalue weighted by atomic mass is 16.4. The summed E-state index contributed by atoms with van der Waals surface area (Å²) in [6.07, 6.45) is 4.49. The van der Waals surface area contributed by atoms with Crippen molar-refractivity contribution in [2.24, 2.45) is 0 Å². The molecule has 3 N–H and O–H groups in total. The second-order valence-corrected chi connectivity index (χ2v) is 4.03. The van der Waals surface area contributed by atoms with Crippen molar-refractivity contribution in [3.05, 3.63) is 35.9 Å². The molecule has 0 atom stereocenters. The Morgan fingerprint density at radius 2 is 2.16 bits per heavy atom. The van der Waals surface area contributed by atoms with Crippen LogP contribution in [0.3, 0.4) is 0 Å². The quantitative estimate of drug-likeness (QED) is 0.545. The third kappa shape index (κ3) is 6.26. The highest BCUT2D eigenvalue weighted by Gasteiger charge is 2.00. The molecule has 0 aliphatic heterocycles. The molecule has 0 aliphatic carbocycles. The number of carbonyl (C=O) groups is 2. The second kappa shape index (κ2) is 7.92. The number of nitrogens with one attached hydrogen (secondary N) is 2. The van der Waals surface area contributed by atoms with Crippen LogP contribution in [0.15, 0.2) is 30.3 Å². The smallest absolute Gasteiger partial charge is 0.328 e. The van der Waals surface area contributed by atoms with Gasteiger partial charge in [0.1, 0.15) is 0 Å². The predicted octanol–water partition coefficient (Wildman–Crippen LogP) is 2.71. The minimum atomic E-state index is -1.00. The molecule has 0 bridgehead atoms. The predicted molar refractivity (Wildman–Crippen MR) is 75.0 cm³/mol. The van der Waals surface area contributed by atoms with E-state index in [2.05, 4.69) is 17.6 Å². The van der Waals surface area contributed by atoms with Gasteiger partial charge in [0, 0.05) is 18.3 Å². The first-order valence-electron chi connectivity index (χ1n) is 6.17. The van der Waals surface area contributed by atoms with Crippen molar-refractivity contribution >= 4 is 23.8 Å². The van der Waals surface area contributed by atoms with Crippen molar-refractivity contribution in [3.8, 4) is 0 Å². The number of aliphatic carboxylic acids is 1. The van der Waals surface area contributed by atoms with E-state index in [4.69, 9.17) is 5.11 Å². The lowest BCUT2D eigenvalue weighted by Crippen LogP contribution is -2.29. The van der Waals surface area contributed by atoms with Crippen molar-refractivity contribution in [3.63, 3.8) is 0 Å². The van der Waals surface area contributed by atoms with Gasteiger partial charge in [-0.05, 0) is 30.2 Å². The van der Waals surface area contributed by atoms with Crippen molar-refractivity contribution in [1.82, 2.24) is 5.32 Å². The van der Waals surface area contributed by atoms with Gasteiger partial charge in [0.25, 0.3) is 0 Å². The van der Waals surface area contributed by atoms with Gasteiger partial charge in [-0.3, -0.25) is 0 Å². The Balaban J connectivity index is 2.56. The van der Waals surface area contributed by atoms with Crippen LogP contribution in [0.4, 0.5) is 10.5 Å². The number of hydrogen-bond donors (Lipinski definition) is 3. The van der Waals surface area contributed by atoms with Gasteiger partial charge < -0.3 is 15.7 Å². The zero-order valence-electron chi connectivity index (χ0n) is 10.8. The number of carboxylic acid groups (broad SMARTS) is 1. The molecule has 0 aliphatic rings. The molecule has 5 nitrogen and oxygen atoms in total. The number of rotatable bonds is 6. The summed E-state index contributed by atoms with van der Waals surface area (Å²) in [6.45, 7) is 2.69. The molecule has 5 heteroatoms. The van der Waals surface area contributed by atoms with E-state index in [0.29, 0.717) is 17.8 Å². The summed E-state index contributed by atoms with van der Waals surface area (Å²) >= 11 is 0. The van der Waals surface area contributed by atoms with E-state index in [9.17, 15) is 9.59 Å². The van der Waals surface area contributed by atoms with Crippen LogP contribution in [-0.2, 0) is 4.79 Å². The van der Waals surface area contributed by atoms with Crippen molar-refractivity contribution in [2.75, 3.05) is 11.9 Å². The van der Waals surface area contributed by atoms with Crippen molar-refractivity contribution in [2.45, 2.75) is 19.8 Å². The number of hydrogen-bond acceptors (Lipinski definition) is 2. The van der Waals surface area contributed by atoms with Crippen LogP contribution in [0, 0.1) is 0 Å². The first-order valence-corrected chi connectivity index (χ1v) is 6.17. The van der Waals surface area contributed by atoms with Crippen LogP contribution >= 0.6 is 0 Å². The van der Waals surface area contributed by atoms with Gasteiger partial charge in [0.15, 0.2) is 0 Å². The first kappa shape index (κ1) is 14.8. The molecule has 0 radical (unpaired) electrons. The fraction of sp³-hybridized carbons (Fsp3) is 0.286. The first-order chi connectivity index (χ1) is 9.11. The van der Waals surface area contributed by atoms with Gasteiger partial charge in [-0.2, -0.15) is 0 Å². The maximum Gasteiger partial charge on any atom is 0.328 e. The molecule has 0 heterocycles. The van der Waals surface area contributed by atoms with Gasteiger partial charge in [0.05, 0.1) is 0 Å². The van der Waals surface area contributed by atoms with Crippen LogP contribution in [0.5, 0.6) is 0 Å². The lowest BCUT2D eigenvalue weighted by molar-refractivity contribution is -0.131. The van der Waals surface area contributed by atoms with Crippen LogP contribution in [-0.4, -0.2) is 23.7 Å². The topological polar surface area (TPSA) is 78.4 Å². The molecule has 0 saturated heterocycles. The molecular formula is C14H18N2O3. The van der Waals surface area contributed by atoms with Crippen LogP contribution in [0.1, 0.15) is 25.3 Å². The van der Waals surface area contributed by atoms with E-state index in [1.165, 1.54) is 6.08 Å². The Hall–Kier alpha value is -2.30. The van der Waals surface area contributed by atoms with E-state index in [0.717, 1.165) is 18.9 Å². The standard InChI is InChI=1S/C14H18N2O3/c1-2-3-9-15-14(19)16-12-6-4-5-11(10-12)7-8-13(17)18/h4-8,10H,2-3,9H2,1H3,(H,17,18)(H2,15,16,19)/b8-7+. The molecular weight excluding hydrogens is 244 g/mol. The molecule has 2 amide bonds. The normalized spacial score (nSPS) is 10.4. The number of carbonyl (C=O) groups excluding carboxylic acids is 1. The zero-order chi connectivity index (χ0) is 14.1. The number of urea groups is 1. The lowest BCUT2D eigenvalue weighted by atomic mass is 10.2. The molecule has 0 fully saturated rings. The van der Waals surface area contributed by atoms with Crippen LogP contribution in [0.2, 0.25) is 0 Å². The van der Waals surface area contributed by atoms with E-state index in [1.807, 2.05) is 0 Å². The third-order valence-electron chi connectivity index (χ3n) is 2.38. The van der Waals surface area contributed by atoms with E-state index in [1.54, 1.807) is 24.3 Å². The molecule has 0 aromatic heterocycles. The van der Waals surface area contributed by atoms with Gasteiger partial charge in [0.2, 0.25) is 0 Å². The summed E-state index contributed by atoms with van der Waals surface area (Å²) in [5.41, 5.74) is 1.34. The number of anilines is 1. The molecule has 102 valence electrons. The molecule has 1 aromatic carbocycles. The van der Waals surface area contributed by atoms with E-state index >= 15 is 0 Å². The van der Waals surface area contributed by atoms with Crippen LogP contribution < -0.4 is 10.6 Å². The van der Waals surface area contributed by atoms with Crippen LogP contribution in [0.25, 0.3) is 6.08 Å². The van der Waals surface area contributed by atoms with Gasteiger partial charge >= 0.3 is 12.0 Å². The minimum Gasteiger partial charge on any atom is -0.478 e. The van der Waals surface area contributed by atoms with Crippen molar-refractivity contribution < 1.29 is 14.7 Å². The van der Waals surface area contributed by atoms with E-state index < -0.39 is 5.97 Å². The molecule has 19 heavy (non-hydrogen) atoms. The lowest BCUT2D eigenvalue weighted by Gasteiger charge is -2.07. The largest absolute Gasteiger partial charge is 0.478 e. The summed E-state index contributed by atoms with van der Waals surface area (Å²) in [5, 5.41) is 14.0. The Morgan fingerprint density at radius 3 is 2.84 bits per heavy atom. The van der Waals surface area contributed by atoms with Crippen molar-refractivity contribution in [1.29, 1.82) is 0 Å². The molecule has 0 spiro atoms. The maximum atomic E-state index is 11.5. The Bertz CT molecular complexity index is 470. The minimum absolute atomic E-state index is 0.257. The Kier molecular flexibility index (Phi) is 6.15. The highest BCUT2D eigenvalue weighted by Crippen LogP contribution is 2.11. The zero-order valence-corrected chi connectivity index (χ0v) is 10.8. The average Bonchev–Trinajstić information content (AvgIpc) is 2.37. The second-order valence-electron chi connectivity index (χ2n) is 4.03. The summed E-state index contributed by atoms with van der Waals surface area (Å²) in [4.78, 5) is 21.9. The summed E-state index contributed by atoms with van der Waals surface area (Å²) in [5.74, 6) is -1.00. The summed E-state index contributed by atoms with van der Waals surface area (Å²) in [7, 11) is 0. The number of carboxylic acids is 1. The summed E-state index contributed by atoms with van der Waals surface area (Å²) < 4.78 is 0. The Labute approximate surface area is 112 Å². The Morgan fingerprint density at radius 1 is 1.37 bits per heavy atom. The number of unbranched alkanes of at least 4 members (excludes halogenated alkanes) is 1. The summed E-state index contributed by atoms with van der Waals surface area (Å²) in [6, 6.07) is 6.71. The molecule has 0 saturated carbocycles. The fourth-order valence-electron chi connectivity index (χ4n) is 1.44. The average molecular weight is 262 g/mol.